The van der Waals surface area contributed by atoms with E-state index < -0.39 is 250 Å². The number of hydrogen-bond donors (Lipinski definition) is 24. The minimum absolute atomic E-state index is 0.00126. The van der Waals surface area contributed by atoms with E-state index in [4.69, 9.17) is 17.2 Å². The smallest absolute Gasteiger partial charge is 0.469 e. The molecule has 0 heterocycles. The molecule has 0 spiro atoms. The SMILES string of the molecule is CSCC[C@H](NC(=O)[C@H](CC(=O)O)NC(=O)[C@@H](NC(=O)[C@@H](N)[C@@H](C)O)C(C)C)C(=O)N[C@@H](CCC(=O)O)C(=O)N[C@@H](COP(=O)(O)O)C(=O)N[C@H](C(=O)N[C@@H](CCC(=O)O)C(=O)N[C@H](C(=O)N[C@@H](Cc1ccccc1)C(=O)N[C@H](C(=O)N[C@@H](CCCCN)C(=O)N[C@@H](CCCCN)C(=O)O)[C@@H](C)O)C(C)C)[C@@H](C)O. The van der Waals surface area contributed by atoms with Crippen molar-refractivity contribution in [1.82, 2.24) is 63.8 Å². The van der Waals surface area contributed by atoms with Crippen LogP contribution in [0.25, 0.3) is 0 Å². The lowest BCUT2D eigenvalue weighted by atomic mass is 9.99. The van der Waals surface area contributed by atoms with E-state index in [9.17, 15) is 127 Å². The third-order valence-electron chi connectivity index (χ3n) is 16.4. The molecule has 12 amide bonds. The first kappa shape index (κ1) is 98.0. The number of thioether (sulfide) groups is 1. The highest BCUT2D eigenvalue weighted by Gasteiger charge is 2.41. The van der Waals surface area contributed by atoms with Crippen molar-refractivity contribution in [3.8, 4) is 0 Å². The zero-order valence-corrected chi connectivity index (χ0v) is 63.5. The molecule has 1 aromatic rings. The van der Waals surface area contributed by atoms with Crippen molar-refractivity contribution < 1.29 is 131 Å². The van der Waals surface area contributed by atoms with E-state index in [1.165, 1.54) is 34.6 Å². The topological polar surface area (TPSA) is 704 Å². The second-order valence-electron chi connectivity index (χ2n) is 26.3. The van der Waals surface area contributed by atoms with Crippen molar-refractivity contribution in [3.63, 3.8) is 0 Å². The maximum absolute atomic E-state index is 14.5. The largest absolute Gasteiger partial charge is 0.481 e. The molecule has 0 aliphatic heterocycles. The van der Waals surface area contributed by atoms with Gasteiger partial charge in [-0.2, -0.15) is 11.8 Å². The van der Waals surface area contributed by atoms with Crippen LogP contribution < -0.4 is 81.0 Å². The molecule has 44 heteroatoms. The number of hydrogen-bond acceptors (Lipinski definition) is 25. The maximum Gasteiger partial charge on any atom is 0.469 e. The molecule has 27 N–H and O–H groups in total. The van der Waals surface area contributed by atoms with Crippen molar-refractivity contribution in [3.05, 3.63) is 35.9 Å². The van der Waals surface area contributed by atoms with E-state index in [0.29, 0.717) is 24.8 Å². The predicted molar refractivity (Wildman–Crippen MR) is 386 cm³/mol. The van der Waals surface area contributed by atoms with E-state index >= 15 is 0 Å². The Balaban J connectivity index is 3.75. The number of aliphatic hydroxyl groups excluding tert-OH is 3. The quantitative estimate of drug-likeness (QED) is 0.0213. The highest BCUT2D eigenvalue weighted by Crippen LogP contribution is 2.35. The summed E-state index contributed by atoms with van der Waals surface area (Å²) < 4.78 is 16.6. The van der Waals surface area contributed by atoms with Gasteiger partial charge in [0.2, 0.25) is 70.9 Å². The number of benzene rings is 1. The summed E-state index contributed by atoms with van der Waals surface area (Å²) in [5.74, 6) is -22.5. The zero-order chi connectivity index (χ0) is 83.2. The van der Waals surface area contributed by atoms with Crippen LogP contribution in [0.2, 0.25) is 0 Å². The van der Waals surface area contributed by atoms with Crippen LogP contribution in [0, 0.1) is 11.8 Å². The van der Waals surface area contributed by atoms with E-state index in [1.807, 2.05) is 10.6 Å². The third-order valence-corrected chi connectivity index (χ3v) is 17.5. The number of amides is 12. The van der Waals surface area contributed by atoms with Crippen LogP contribution in [0.5, 0.6) is 0 Å². The van der Waals surface area contributed by atoms with Crippen molar-refractivity contribution >= 4 is 114 Å². The molecule has 0 aliphatic rings. The van der Waals surface area contributed by atoms with Gasteiger partial charge in [-0.25, -0.2) is 9.36 Å². The number of carbonyl (C=O) groups excluding carboxylic acids is 12. The van der Waals surface area contributed by atoms with E-state index in [2.05, 4.69) is 57.7 Å². The van der Waals surface area contributed by atoms with Crippen LogP contribution in [0.3, 0.4) is 0 Å². The number of unbranched alkanes of at least 4 members (excludes halogenated alkanes) is 2. The van der Waals surface area contributed by atoms with Gasteiger partial charge in [0, 0.05) is 19.3 Å². The maximum atomic E-state index is 14.5. The van der Waals surface area contributed by atoms with Gasteiger partial charge in [0.15, 0.2) is 0 Å². The first-order valence-corrected chi connectivity index (χ1v) is 37.8. The van der Waals surface area contributed by atoms with Gasteiger partial charge in [-0.1, -0.05) is 58.0 Å². The minimum Gasteiger partial charge on any atom is -0.481 e. The third kappa shape index (κ3) is 37.8. The summed E-state index contributed by atoms with van der Waals surface area (Å²) in [7, 11) is -5.61. The summed E-state index contributed by atoms with van der Waals surface area (Å²) >= 11 is 1.12. The fraction of sp³-hybridized carbons (Fsp3) is 0.662. The Hall–Kier alpha value is -9.04. The van der Waals surface area contributed by atoms with E-state index in [0.717, 1.165) is 25.6 Å². The molecular weight excluding hydrogens is 1490 g/mol. The molecule has 1 aromatic carbocycles. The van der Waals surface area contributed by atoms with Gasteiger partial charge in [-0.3, -0.25) is 76.4 Å². The molecule has 0 bridgehead atoms. The summed E-state index contributed by atoms with van der Waals surface area (Å²) in [6.07, 6.45) is -7.35. The molecule has 0 saturated carbocycles. The minimum atomic E-state index is -5.61. The van der Waals surface area contributed by atoms with Gasteiger partial charge in [0.25, 0.3) is 0 Å². The number of phosphoric acid groups is 1. The fourth-order valence-corrected chi connectivity index (χ4v) is 10.9. The lowest BCUT2D eigenvalue weighted by molar-refractivity contribution is -0.143. The Labute approximate surface area is 632 Å². The lowest BCUT2D eigenvalue weighted by Crippen LogP contribution is -2.63. The Morgan fingerprint density at radius 2 is 0.752 bits per heavy atom. The van der Waals surface area contributed by atoms with Crippen LogP contribution in [0.15, 0.2) is 30.3 Å². The molecule has 16 atom stereocenters. The molecule has 0 radical (unpaired) electrons. The zero-order valence-electron chi connectivity index (χ0n) is 61.8. The average Bonchev–Trinajstić information content (AvgIpc) is 0.849. The van der Waals surface area contributed by atoms with Gasteiger partial charge in [-0.05, 0) is 121 Å². The van der Waals surface area contributed by atoms with Gasteiger partial charge < -0.3 is 127 Å². The second kappa shape index (κ2) is 49.9. The van der Waals surface area contributed by atoms with Crippen molar-refractivity contribution in [1.29, 1.82) is 0 Å². The van der Waals surface area contributed by atoms with Crippen molar-refractivity contribution in [2.75, 3.05) is 31.7 Å². The number of phosphoric ester groups is 1. The Morgan fingerprint density at radius 1 is 0.413 bits per heavy atom. The Kier molecular flexibility index (Phi) is 44.8. The molecule has 0 aromatic heterocycles. The summed E-state index contributed by atoms with van der Waals surface area (Å²) in [4.78, 5) is 235. The molecule has 0 unspecified atom stereocenters. The Bertz CT molecular complexity index is 3280. The predicted octanol–water partition coefficient (Wildman–Crippen LogP) is -6.76. The molecule has 0 saturated heterocycles. The van der Waals surface area contributed by atoms with Crippen LogP contribution in [0.4, 0.5) is 0 Å². The number of rotatable bonds is 54. The standard InChI is InChI=1S/C65H108N15O27PS/c1-31(2)49(61(98)74-42(28-36-16-10-9-11-17-36)58(95)79-51(34(6)82)63(100)71-37(18-12-14-25-66)53(90)73-41(65(102)103)19-13-15-26-67)77-56(93)39(21-23-46(86)87)72-64(101)52(35(7)83)80-59(96)44(30-107-108(104,105)106)76-54(91)38(20-22-45(84)85)69-55(92)40(24-27-109-8)70-57(94)43(29-47(88)89)75-62(99)50(32(3)4)78-60(97)48(68)33(5)81/h9-11,16-17,31-35,37-44,48-52,81-83H,12-15,18-30,66-68H2,1-8H3,(H,69,92)(H,70,94)(H,71,100)(H,72,101)(H,73,90)(H,74,98)(H,75,99)(H,76,91)(H,77,93)(H,78,97)(H,79,95)(H,80,96)(H,84,85)(H,86,87)(H,88,89)(H,102,103)(H2,104,105,106)/t33-,34-,35-,37+,38+,39+,40+,41+,42+,43+,44+,48+,49+,50+,51+,52+/m1/s1. The molecular formula is C65H108N15O27PS. The highest BCUT2D eigenvalue weighted by molar-refractivity contribution is 7.98. The van der Waals surface area contributed by atoms with Crippen LogP contribution in [-0.2, 0) is 92.2 Å². The number of aliphatic carboxylic acids is 4. The number of nitrogens with two attached hydrogens (primary N) is 3. The summed E-state index contributed by atoms with van der Waals surface area (Å²) in [5, 5.41) is 97.9. The molecule has 42 nitrogen and oxygen atoms in total. The highest BCUT2D eigenvalue weighted by atomic mass is 32.2. The van der Waals surface area contributed by atoms with E-state index in [1.54, 1.807) is 36.6 Å². The van der Waals surface area contributed by atoms with Crippen LogP contribution >= 0.6 is 19.6 Å². The average molecular weight is 1590 g/mol. The van der Waals surface area contributed by atoms with Gasteiger partial charge in [0.1, 0.15) is 78.5 Å². The molecule has 109 heavy (non-hydrogen) atoms. The van der Waals surface area contributed by atoms with Crippen molar-refractivity contribution in [2.24, 2.45) is 29.0 Å². The lowest BCUT2D eigenvalue weighted by Gasteiger charge is -2.30. The molecule has 0 aliphatic carbocycles. The van der Waals surface area contributed by atoms with Crippen molar-refractivity contribution in [2.45, 2.75) is 229 Å². The monoisotopic (exact) mass is 1590 g/mol. The number of nitrogens with one attached hydrogen (secondary N) is 12. The van der Waals surface area contributed by atoms with Crippen LogP contribution in [-0.4, -0.2) is 269 Å². The van der Waals surface area contributed by atoms with Crippen LogP contribution in [0.1, 0.15) is 131 Å². The molecule has 0 fully saturated rings. The summed E-state index contributed by atoms with van der Waals surface area (Å²) in [6.45, 7) is 7.96. The number of carboxylic acids is 4. The van der Waals surface area contributed by atoms with E-state index in [-0.39, 0.29) is 50.9 Å². The van der Waals surface area contributed by atoms with Gasteiger partial charge in [0.05, 0.1) is 31.3 Å². The Morgan fingerprint density at radius 3 is 1.15 bits per heavy atom. The molecule has 1 rings (SSSR count). The fourth-order valence-electron chi connectivity index (χ4n) is 10.1. The number of carboxylic acid groups (broad SMARTS) is 4. The first-order valence-electron chi connectivity index (χ1n) is 34.9. The first-order chi connectivity index (χ1) is 50.9. The van der Waals surface area contributed by atoms with Gasteiger partial charge >= 0.3 is 31.7 Å². The number of aliphatic hydroxyl groups is 3. The summed E-state index contributed by atoms with van der Waals surface area (Å²) in [6, 6.07) is -15.4. The van der Waals surface area contributed by atoms with Gasteiger partial charge in [-0.15, -0.1) is 0 Å². The molecule has 616 valence electrons. The normalized spacial score (nSPS) is 15.8. The second-order valence-corrected chi connectivity index (χ2v) is 28.5. The summed E-state index contributed by atoms with van der Waals surface area (Å²) in [5.41, 5.74) is 17.3. The number of carbonyl (C=O) groups is 16.